The molecule has 22 heavy (non-hydrogen) atoms. The minimum Gasteiger partial charge on any atom is -0.354 e. The van der Waals surface area contributed by atoms with Gasteiger partial charge >= 0.3 is 0 Å². The molecule has 1 aromatic heterocycles. The van der Waals surface area contributed by atoms with Crippen LogP contribution in [0.25, 0.3) is 0 Å². The summed E-state index contributed by atoms with van der Waals surface area (Å²) in [5.74, 6) is 0.807. The smallest absolute Gasteiger partial charge is 0.216 e. The number of hydrogen-bond acceptors (Lipinski definition) is 1. The van der Waals surface area contributed by atoms with E-state index in [0.29, 0.717) is 11.7 Å². The maximum absolute atomic E-state index is 4.57. The van der Waals surface area contributed by atoms with Gasteiger partial charge in [0.05, 0.1) is 5.72 Å². The molecule has 0 aliphatic rings. The Morgan fingerprint density at radius 2 is 1.41 bits per heavy atom. The van der Waals surface area contributed by atoms with E-state index in [-0.39, 0.29) is 0 Å². The molecule has 0 radical (unpaired) electrons. The predicted molar refractivity (Wildman–Crippen MR) is 94.2 cm³/mol. The van der Waals surface area contributed by atoms with Crippen molar-refractivity contribution < 1.29 is 0 Å². The van der Waals surface area contributed by atoms with Crippen LogP contribution in [0.5, 0.6) is 0 Å². The Bertz CT molecular complexity index is 665. The van der Waals surface area contributed by atoms with E-state index in [1.54, 1.807) is 0 Å². The van der Waals surface area contributed by atoms with E-state index in [2.05, 4.69) is 84.5 Å². The fourth-order valence-electron chi connectivity index (χ4n) is 2.77. The van der Waals surface area contributed by atoms with Gasteiger partial charge in [-0.05, 0) is 22.9 Å². The van der Waals surface area contributed by atoms with Crippen molar-refractivity contribution in [1.82, 2.24) is 9.97 Å². The molecule has 0 spiro atoms. The minimum absolute atomic E-state index is 0.327. The van der Waals surface area contributed by atoms with E-state index in [1.165, 1.54) is 16.8 Å². The van der Waals surface area contributed by atoms with Crippen molar-refractivity contribution in [3.05, 3.63) is 83.7 Å². The van der Waals surface area contributed by atoms with Gasteiger partial charge in [0.25, 0.3) is 0 Å². The first-order valence-electron chi connectivity index (χ1n) is 7.87. The van der Waals surface area contributed by atoms with E-state index in [4.69, 9.17) is 0 Å². The number of benzene rings is 2. The van der Waals surface area contributed by atoms with Crippen molar-refractivity contribution in [3.63, 3.8) is 0 Å². The molecule has 0 saturated carbocycles. The molecule has 0 saturated heterocycles. The number of rotatable bonds is 5. The van der Waals surface area contributed by atoms with E-state index in [1.807, 2.05) is 6.20 Å². The second kappa shape index (κ2) is 6.65. The van der Waals surface area contributed by atoms with E-state index >= 15 is 0 Å². The standard InChI is InChI=1S/C19H21BN2/c1-14(2)17-13-21-19(22-17)20-18(15-9-5-3-6-10-15)16-11-7-4-8-12-16/h3-14,18,20H,1-2H3,(H,21,22). The maximum atomic E-state index is 4.57. The van der Waals surface area contributed by atoms with Crippen LogP contribution in [-0.4, -0.2) is 17.2 Å². The van der Waals surface area contributed by atoms with Crippen LogP contribution in [-0.2, 0) is 0 Å². The summed E-state index contributed by atoms with van der Waals surface area (Å²) in [6, 6.07) is 21.3. The molecule has 1 heterocycles. The van der Waals surface area contributed by atoms with Crippen LogP contribution >= 0.6 is 0 Å². The number of H-pyrrole nitrogens is 1. The lowest BCUT2D eigenvalue weighted by atomic mass is 9.58. The highest BCUT2D eigenvalue weighted by Gasteiger charge is 2.18. The molecule has 0 unspecified atom stereocenters. The molecule has 2 nitrogen and oxygen atoms in total. The molecule has 110 valence electrons. The van der Waals surface area contributed by atoms with Gasteiger partial charge in [-0.1, -0.05) is 74.5 Å². The first-order valence-corrected chi connectivity index (χ1v) is 7.87. The molecule has 0 amide bonds. The highest BCUT2D eigenvalue weighted by molar-refractivity contribution is 6.53. The quantitative estimate of drug-likeness (QED) is 0.716. The molecule has 0 aliphatic carbocycles. The first kappa shape index (κ1) is 14.6. The van der Waals surface area contributed by atoms with Gasteiger partial charge < -0.3 is 4.98 Å². The first-order chi connectivity index (χ1) is 10.7. The molecule has 1 N–H and O–H groups in total. The van der Waals surface area contributed by atoms with Gasteiger partial charge in [-0.15, -0.1) is 0 Å². The zero-order chi connectivity index (χ0) is 15.4. The number of nitrogens with one attached hydrogen (secondary N) is 1. The third-order valence-corrected chi connectivity index (χ3v) is 4.07. The lowest BCUT2D eigenvalue weighted by molar-refractivity contribution is 0.834. The average molecular weight is 288 g/mol. The molecule has 0 aliphatic heterocycles. The van der Waals surface area contributed by atoms with Gasteiger partial charge in [0, 0.05) is 11.9 Å². The Balaban J connectivity index is 1.92. The van der Waals surface area contributed by atoms with Gasteiger partial charge in [-0.25, -0.2) is 0 Å². The van der Waals surface area contributed by atoms with Gasteiger partial charge in [-0.2, -0.15) is 0 Å². The molecule has 0 atom stereocenters. The fraction of sp³-hybridized carbons (Fsp3) is 0.211. The monoisotopic (exact) mass is 288 g/mol. The molecule has 3 aromatic rings. The van der Waals surface area contributed by atoms with Gasteiger partial charge in [0.1, 0.15) is 0 Å². The normalized spacial score (nSPS) is 11.1. The van der Waals surface area contributed by atoms with Crippen molar-refractivity contribution in [2.45, 2.75) is 25.6 Å². The van der Waals surface area contributed by atoms with E-state index in [9.17, 15) is 0 Å². The zero-order valence-electron chi connectivity index (χ0n) is 13.2. The van der Waals surface area contributed by atoms with Crippen LogP contribution in [0.3, 0.4) is 0 Å². The van der Waals surface area contributed by atoms with Crippen LogP contribution in [0.4, 0.5) is 0 Å². The number of nitrogens with zero attached hydrogens (tertiary/aromatic N) is 1. The van der Waals surface area contributed by atoms with Crippen molar-refractivity contribution in [2.75, 3.05) is 0 Å². The second-order valence-corrected chi connectivity index (χ2v) is 6.02. The van der Waals surface area contributed by atoms with Crippen LogP contribution in [0, 0.1) is 0 Å². The second-order valence-electron chi connectivity index (χ2n) is 6.02. The molecular weight excluding hydrogens is 267 g/mol. The largest absolute Gasteiger partial charge is 0.354 e. The SMILES string of the molecule is CC(C)c1cnc(BC(c2ccccc2)c2ccccc2)[nH]1. The van der Waals surface area contributed by atoms with Crippen molar-refractivity contribution >= 4 is 13.0 Å². The molecule has 3 heteroatoms. The van der Waals surface area contributed by atoms with Crippen LogP contribution < -0.4 is 5.72 Å². The van der Waals surface area contributed by atoms with Crippen LogP contribution in [0.2, 0.25) is 0 Å². The third kappa shape index (κ3) is 3.30. The maximum Gasteiger partial charge on any atom is 0.216 e. The summed E-state index contributed by atoms with van der Waals surface area (Å²) >= 11 is 0. The Morgan fingerprint density at radius 3 is 1.86 bits per heavy atom. The molecular formula is C19H21BN2. The highest BCUT2D eigenvalue weighted by atomic mass is 14.9. The summed E-state index contributed by atoms with van der Waals surface area (Å²) < 4.78 is 0. The Morgan fingerprint density at radius 1 is 0.864 bits per heavy atom. The Hall–Kier alpha value is -2.29. The number of aromatic nitrogens is 2. The summed E-state index contributed by atoms with van der Waals surface area (Å²) in [5, 5.41) is 0. The minimum atomic E-state index is 0.327. The average Bonchev–Trinajstić information content (AvgIpc) is 3.03. The van der Waals surface area contributed by atoms with Crippen LogP contribution in [0.15, 0.2) is 66.9 Å². The number of hydrogen-bond donors (Lipinski definition) is 1. The number of aromatic amines is 1. The van der Waals surface area contributed by atoms with Gasteiger partial charge in [0.15, 0.2) is 0 Å². The predicted octanol–water partition coefficient (Wildman–Crippen LogP) is 3.38. The fourth-order valence-corrected chi connectivity index (χ4v) is 2.77. The van der Waals surface area contributed by atoms with Gasteiger partial charge in [-0.3, -0.25) is 4.98 Å². The summed E-state index contributed by atoms with van der Waals surface area (Å²) in [6.45, 7) is 4.37. The Kier molecular flexibility index (Phi) is 4.43. The topological polar surface area (TPSA) is 28.7 Å². The third-order valence-electron chi connectivity index (χ3n) is 4.07. The van der Waals surface area contributed by atoms with Crippen molar-refractivity contribution in [1.29, 1.82) is 0 Å². The van der Waals surface area contributed by atoms with Crippen molar-refractivity contribution in [2.24, 2.45) is 0 Å². The molecule has 3 rings (SSSR count). The van der Waals surface area contributed by atoms with Gasteiger partial charge in [0.2, 0.25) is 7.28 Å². The van der Waals surface area contributed by atoms with Crippen molar-refractivity contribution in [3.8, 4) is 0 Å². The number of imidazole rings is 1. The lowest BCUT2D eigenvalue weighted by Gasteiger charge is -2.16. The Labute approximate surface area is 132 Å². The molecule has 0 bridgehead atoms. The molecule has 2 aromatic carbocycles. The summed E-state index contributed by atoms with van der Waals surface area (Å²) in [7, 11) is 0.890. The summed E-state index contributed by atoms with van der Waals surface area (Å²) in [6.07, 6.45) is 1.97. The van der Waals surface area contributed by atoms with E-state index in [0.717, 1.165) is 13.0 Å². The zero-order valence-corrected chi connectivity index (χ0v) is 13.2. The summed E-state index contributed by atoms with van der Waals surface area (Å²) in [5.41, 5.74) is 4.92. The van der Waals surface area contributed by atoms with Crippen LogP contribution in [0.1, 0.15) is 42.4 Å². The lowest BCUT2D eigenvalue weighted by Crippen LogP contribution is -2.26. The summed E-state index contributed by atoms with van der Waals surface area (Å²) in [4.78, 5) is 8.04. The molecule has 0 fully saturated rings. The highest BCUT2D eigenvalue weighted by Crippen LogP contribution is 2.23. The van der Waals surface area contributed by atoms with E-state index < -0.39 is 0 Å².